The second-order valence-electron chi connectivity index (χ2n) is 5.50. The number of aromatic nitrogens is 2. The third-order valence-corrected chi connectivity index (χ3v) is 4.64. The summed E-state index contributed by atoms with van der Waals surface area (Å²) in [5.74, 6) is 0.190. The molecule has 2 amide bonds. The molecule has 9 heteroatoms. The summed E-state index contributed by atoms with van der Waals surface area (Å²) < 4.78 is 10.9. The van der Waals surface area contributed by atoms with E-state index >= 15 is 0 Å². The number of amides is 2. The Hall–Kier alpha value is -3.64. The first kappa shape index (κ1) is 16.8. The van der Waals surface area contributed by atoms with Gasteiger partial charge in [-0.25, -0.2) is 4.98 Å². The molecule has 0 saturated carbocycles. The second-order valence-corrected chi connectivity index (χ2v) is 6.51. The normalized spacial score (nSPS) is 15.2. The van der Waals surface area contributed by atoms with Crippen LogP contribution in [0.3, 0.4) is 0 Å². The van der Waals surface area contributed by atoms with Crippen LogP contribution in [0.4, 0.5) is 4.79 Å². The predicted octanol–water partition coefficient (Wildman–Crippen LogP) is 3.09. The Balaban J connectivity index is 1.81. The lowest BCUT2D eigenvalue weighted by Gasteiger charge is -2.05. The molecule has 3 aromatic heterocycles. The number of carbonyl (C=O) groups excluding carboxylic acids is 2. The number of methoxy groups -OCH3 is 1. The van der Waals surface area contributed by atoms with Gasteiger partial charge in [0.2, 0.25) is 5.88 Å². The van der Waals surface area contributed by atoms with Crippen molar-refractivity contribution in [2.24, 2.45) is 0 Å². The number of nitrogens with zero attached hydrogens (tertiary/aromatic N) is 3. The van der Waals surface area contributed by atoms with Gasteiger partial charge in [-0.1, -0.05) is 0 Å². The second kappa shape index (κ2) is 6.59. The van der Waals surface area contributed by atoms with Crippen molar-refractivity contribution < 1.29 is 18.7 Å². The zero-order valence-corrected chi connectivity index (χ0v) is 14.7. The Morgan fingerprint density at radius 3 is 2.85 bits per heavy atom. The van der Waals surface area contributed by atoms with Gasteiger partial charge in [-0.2, -0.15) is 5.26 Å². The van der Waals surface area contributed by atoms with Gasteiger partial charge < -0.3 is 9.15 Å². The smallest absolute Gasteiger partial charge is 0.290 e. The molecule has 4 rings (SSSR count). The van der Waals surface area contributed by atoms with Crippen LogP contribution in [0.25, 0.3) is 28.2 Å². The minimum absolute atomic E-state index is 0.236. The average molecular weight is 378 g/mol. The number of nitrogens with one attached hydrogen (secondary N) is 1. The van der Waals surface area contributed by atoms with Crippen molar-refractivity contribution in [3.8, 4) is 23.1 Å². The van der Waals surface area contributed by atoms with Crippen molar-refractivity contribution in [3.63, 3.8) is 0 Å². The van der Waals surface area contributed by atoms with Crippen LogP contribution < -0.4 is 10.1 Å². The van der Waals surface area contributed by atoms with Crippen molar-refractivity contribution in [2.75, 3.05) is 7.11 Å². The first-order chi connectivity index (χ1) is 13.1. The number of furan rings is 1. The number of hydrogen-bond donors (Lipinski definition) is 1. The third kappa shape index (κ3) is 3.02. The molecule has 0 spiro atoms. The van der Waals surface area contributed by atoms with Crippen molar-refractivity contribution in [1.82, 2.24) is 15.3 Å². The highest BCUT2D eigenvalue weighted by Gasteiger charge is 2.25. The zero-order valence-electron chi connectivity index (χ0n) is 13.8. The van der Waals surface area contributed by atoms with Crippen LogP contribution in [0.2, 0.25) is 0 Å². The molecule has 0 unspecified atom stereocenters. The molecule has 132 valence electrons. The van der Waals surface area contributed by atoms with Gasteiger partial charge >= 0.3 is 0 Å². The molecule has 0 bridgehead atoms. The van der Waals surface area contributed by atoms with Crippen molar-refractivity contribution in [3.05, 3.63) is 47.0 Å². The Morgan fingerprint density at radius 2 is 2.15 bits per heavy atom. The molecule has 3 aromatic rings. The van der Waals surface area contributed by atoms with Crippen LogP contribution in [-0.4, -0.2) is 28.2 Å². The highest BCUT2D eigenvalue weighted by atomic mass is 32.2. The Kier molecular flexibility index (Phi) is 4.10. The topological polar surface area (TPSA) is 118 Å². The number of thioether (sulfide) groups is 1. The number of carbonyl (C=O) groups is 2. The molecule has 0 atom stereocenters. The van der Waals surface area contributed by atoms with Gasteiger partial charge in [0.25, 0.3) is 11.1 Å². The van der Waals surface area contributed by atoms with Crippen LogP contribution in [0, 0.1) is 11.3 Å². The summed E-state index contributed by atoms with van der Waals surface area (Å²) >= 11 is 0.814. The number of ether oxygens (including phenoxy) is 1. The Bertz CT molecular complexity index is 1180. The van der Waals surface area contributed by atoms with Crippen LogP contribution in [0.1, 0.15) is 11.3 Å². The maximum atomic E-state index is 11.7. The average Bonchev–Trinajstić information content (AvgIpc) is 3.22. The highest BCUT2D eigenvalue weighted by Crippen LogP contribution is 2.33. The number of rotatable bonds is 3. The number of fused-ring (bicyclic) bond motifs is 1. The van der Waals surface area contributed by atoms with E-state index in [2.05, 4.69) is 15.3 Å². The third-order valence-electron chi connectivity index (χ3n) is 3.83. The molecular formula is C18H10N4O4S. The molecule has 1 aliphatic rings. The lowest BCUT2D eigenvalue weighted by atomic mass is 10.1. The molecule has 27 heavy (non-hydrogen) atoms. The largest absolute Gasteiger partial charge is 0.480 e. The van der Waals surface area contributed by atoms with Crippen molar-refractivity contribution in [1.29, 1.82) is 5.26 Å². The van der Waals surface area contributed by atoms with Gasteiger partial charge in [0.15, 0.2) is 0 Å². The molecule has 1 saturated heterocycles. The first-order valence-corrected chi connectivity index (χ1v) is 8.47. The number of pyridine rings is 2. The lowest BCUT2D eigenvalue weighted by molar-refractivity contribution is -0.115. The fraction of sp³-hybridized carbons (Fsp3) is 0.0556. The van der Waals surface area contributed by atoms with E-state index < -0.39 is 11.1 Å². The molecule has 1 fully saturated rings. The summed E-state index contributed by atoms with van der Waals surface area (Å²) in [4.78, 5) is 31.6. The van der Waals surface area contributed by atoms with Gasteiger partial charge in [-0.3, -0.25) is 19.9 Å². The molecule has 0 radical (unpaired) electrons. The van der Waals surface area contributed by atoms with E-state index in [9.17, 15) is 14.9 Å². The van der Waals surface area contributed by atoms with Gasteiger partial charge in [0.1, 0.15) is 23.0 Å². The monoisotopic (exact) mass is 378 g/mol. The van der Waals surface area contributed by atoms with Crippen LogP contribution in [0.15, 0.2) is 40.0 Å². The van der Waals surface area contributed by atoms with E-state index in [0.29, 0.717) is 33.4 Å². The number of imide groups is 1. The quantitative estimate of drug-likeness (QED) is 0.691. The Labute approximate surface area is 156 Å². The van der Waals surface area contributed by atoms with E-state index in [-0.39, 0.29) is 10.8 Å². The summed E-state index contributed by atoms with van der Waals surface area (Å²) in [6.07, 6.45) is 6.30. The molecule has 0 aliphatic carbocycles. The number of nitriles is 1. The fourth-order valence-corrected chi connectivity index (χ4v) is 3.31. The van der Waals surface area contributed by atoms with Gasteiger partial charge in [-0.15, -0.1) is 0 Å². The van der Waals surface area contributed by atoms with E-state index in [1.807, 2.05) is 6.07 Å². The van der Waals surface area contributed by atoms with E-state index in [1.165, 1.54) is 13.2 Å². The van der Waals surface area contributed by atoms with Crippen molar-refractivity contribution in [2.45, 2.75) is 0 Å². The minimum atomic E-state index is -0.457. The summed E-state index contributed by atoms with van der Waals surface area (Å²) in [7, 11) is 1.44. The molecular weight excluding hydrogens is 368 g/mol. The molecule has 4 heterocycles. The van der Waals surface area contributed by atoms with E-state index in [1.54, 1.807) is 30.7 Å². The van der Waals surface area contributed by atoms with Gasteiger partial charge in [-0.05, 0) is 23.9 Å². The maximum Gasteiger partial charge on any atom is 0.290 e. The molecule has 1 N–H and O–H groups in total. The van der Waals surface area contributed by atoms with Crippen LogP contribution in [0.5, 0.6) is 5.88 Å². The molecule has 1 aliphatic heterocycles. The van der Waals surface area contributed by atoms with Crippen molar-refractivity contribution >= 4 is 40.0 Å². The lowest BCUT2D eigenvalue weighted by Crippen LogP contribution is -2.17. The maximum absolute atomic E-state index is 11.7. The van der Waals surface area contributed by atoms with E-state index in [4.69, 9.17) is 9.15 Å². The summed E-state index contributed by atoms with van der Waals surface area (Å²) in [6.45, 7) is 0. The highest BCUT2D eigenvalue weighted by molar-refractivity contribution is 8.18. The summed E-state index contributed by atoms with van der Waals surface area (Å²) in [6, 6.07) is 5.40. The minimum Gasteiger partial charge on any atom is -0.480 e. The van der Waals surface area contributed by atoms with Gasteiger partial charge in [0.05, 0.1) is 12.0 Å². The van der Waals surface area contributed by atoms with Crippen LogP contribution >= 0.6 is 11.8 Å². The first-order valence-electron chi connectivity index (χ1n) is 7.66. The van der Waals surface area contributed by atoms with Gasteiger partial charge in [0, 0.05) is 41.2 Å². The number of hydrogen-bond acceptors (Lipinski definition) is 8. The molecule has 8 nitrogen and oxygen atoms in total. The Morgan fingerprint density at radius 1 is 1.30 bits per heavy atom. The fourth-order valence-electron chi connectivity index (χ4n) is 2.65. The SMILES string of the molecule is COc1ncc(-c2cncc3cc(/C=C4\SC(=O)NC4=O)oc23)cc1C#N. The summed E-state index contributed by atoms with van der Waals surface area (Å²) in [5, 5.41) is 11.7. The molecule has 0 aromatic carbocycles. The standard InChI is InChI=1S/C18H10N4O4S/c1-25-17-9(5-19)2-10(7-21-17)13-8-20-6-11-3-12(26-15(11)13)4-14-16(23)22-18(24)27-14/h2-4,6-8H,1H3,(H,22,23,24)/b14-4-. The van der Waals surface area contributed by atoms with Crippen LogP contribution in [-0.2, 0) is 4.79 Å². The summed E-state index contributed by atoms with van der Waals surface area (Å²) in [5.41, 5.74) is 2.10. The zero-order chi connectivity index (χ0) is 19.0. The van der Waals surface area contributed by atoms with E-state index in [0.717, 1.165) is 11.8 Å². The predicted molar refractivity (Wildman–Crippen MR) is 97.6 cm³/mol.